The van der Waals surface area contributed by atoms with Gasteiger partial charge in [0, 0.05) is 0 Å². The van der Waals surface area contributed by atoms with E-state index in [2.05, 4.69) is 0 Å². The Bertz CT molecular complexity index is 879. The highest BCUT2D eigenvalue weighted by molar-refractivity contribution is 5.39. The van der Waals surface area contributed by atoms with Crippen LogP contribution in [0, 0.1) is 0 Å². The normalized spacial score (nSPS) is 12.8. The van der Waals surface area contributed by atoms with Crippen LogP contribution in [0.4, 0.5) is 26.3 Å². The monoisotopic (exact) mass is 465 g/mol. The fourth-order valence-electron chi connectivity index (χ4n) is 3.14. The van der Waals surface area contributed by atoms with Crippen molar-refractivity contribution in [1.82, 2.24) is 0 Å². The molecule has 0 aliphatic heterocycles. The first-order valence-corrected chi connectivity index (χ1v) is 9.88. The van der Waals surface area contributed by atoms with Crippen LogP contribution in [0.1, 0.15) is 35.1 Å². The maximum absolute atomic E-state index is 13.5. The van der Waals surface area contributed by atoms with E-state index >= 15 is 0 Å². The molecular formula is C22H25F6NO3. The van der Waals surface area contributed by atoms with Gasteiger partial charge in [0.05, 0.1) is 36.5 Å². The first-order chi connectivity index (χ1) is 14.9. The summed E-state index contributed by atoms with van der Waals surface area (Å²) in [6.07, 6.45) is -8.97. The molecule has 0 aliphatic carbocycles. The number of aliphatic hydroxyl groups is 2. The minimum absolute atomic E-state index is 0.00395. The Morgan fingerprint density at radius 2 is 1.44 bits per heavy atom. The molecule has 0 amide bonds. The predicted octanol–water partition coefficient (Wildman–Crippen LogP) is 4.35. The Morgan fingerprint density at radius 3 is 2.03 bits per heavy atom. The van der Waals surface area contributed by atoms with Crippen molar-refractivity contribution in [3.8, 4) is 5.75 Å². The standard InChI is InChI=1S/C22H25F6NO3/c23-21(24,25)17-6-2-1-4-16(17)5-3-11-32-19-8-7-15(12-18(19)22(26,27)28)9-10-20(29,13-30)14-31/h1-2,4,6-8,12,30-31H,3,5,9-11,13-14,29H2. The molecule has 2 aromatic carbocycles. The highest BCUT2D eigenvalue weighted by atomic mass is 19.4. The molecule has 0 atom stereocenters. The molecular weight excluding hydrogens is 440 g/mol. The molecule has 4 nitrogen and oxygen atoms in total. The Labute approximate surface area is 181 Å². The van der Waals surface area contributed by atoms with Crippen molar-refractivity contribution >= 4 is 0 Å². The molecule has 0 radical (unpaired) electrons. The number of hydrogen-bond donors (Lipinski definition) is 3. The summed E-state index contributed by atoms with van der Waals surface area (Å²) in [6, 6.07) is 8.50. The number of ether oxygens (including phenoxy) is 1. The van der Waals surface area contributed by atoms with E-state index in [9.17, 15) is 36.6 Å². The van der Waals surface area contributed by atoms with E-state index in [1.807, 2.05) is 0 Å². The lowest BCUT2D eigenvalue weighted by atomic mass is 9.93. The second kappa shape index (κ2) is 10.5. The van der Waals surface area contributed by atoms with Gasteiger partial charge >= 0.3 is 12.4 Å². The first kappa shape index (κ1) is 26.0. The molecule has 2 rings (SSSR count). The van der Waals surface area contributed by atoms with Crippen molar-refractivity contribution in [2.75, 3.05) is 19.8 Å². The van der Waals surface area contributed by atoms with Gasteiger partial charge in [0.2, 0.25) is 0 Å². The van der Waals surface area contributed by atoms with Crippen LogP contribution in [0.25, 0.3) is 0 Å². The summed E-state index contributed by atoms with van der Waals surface area (Å²) in [5, 5.41) is 18.4. The van der Waals surface area contributed by atoms with Gasteiger partial charge in [-0.05, 0) is 55.0 Å². The summed E-state index contributed by atoms with van der Waals surface area (Å²) >= 11 is 0. The number of aliphatic hydroxyl groups excluding tert-OH is 2. The number of aryl methyl sites for hydroxylation is 2. The topological polar surface area (TPSA) is 75.7 Å². The van der Waals surface area contributed by atoms with E-state index in [-0.39, 0.29) is 37.9 Å². The fraction of sp³-hybridized carbons (Fsp3) is 0.455. The zero-order valence-corrected chi connectivity index (χ0v) is 17.1. The molecule has 10 heteroatoms. The van der Waals surface area contributed by atoms with E-state index in [1.54, 1.807) is 0 Å². The highest BCUT2D eigenvalue weighted by Gasteiger charge is 2.35. The van der Waals surface area contributed by atoms with Gasteiger partial charge in [-0.15, -0.1) is 0 Å². The van der Waals surface area contributed by atoms with Crippen molar-refractivity contribution < 1.29 is 41.3 Å². The van der Waals surface area contributed by atoms with Crippen LogP contribution in [0.2, 0.25) is 0 Å². The molecule has 0 aliphatic rings. The SMILES string of the molecule is NC(CO)(CO)CCc1ccc(OCCCc2ccccc2C(F)(F)F)c(C(F)(F)F)c1. The van der Waals surface area contributed by atoms with Crippen LogP contribution in [-0.4, -0.2) is 35.6 Å². The summed E-state index contributed by atoms with van der Waals surface area (Å²) in [5.74, 6) is -0.423. The van der Waals surface area contributed by atoms with Crippen molar-refractivity contribution in [1.29, 1.82) is 0 Å². The van der Waals surface area contributed by atoms with Crippen LogP contribution in [0.15, 0.2) is 42.5 Å². The zero-order valence-electron chi connectivity index (χ0n) is 17.1. The van der Waals surface area contributed by atoms with Crippen LogP contribution < -0.4 is 10.5 Å². The number of hydrogen-bond acceptors (Lipinski definition) is 4. The van der Waals surface area contributed by atoms with Crippen LogP contribution in [0.3, 0.4) is 0 Å². The van der Waals surface area contributed by atoms with Gasteiger partial charge in [0.15, 0.2) is 0 Å². The predicted molar refractivity (Wildman–Crippen MR) is 106 cm³/mol. The molecule has 0 spiro atoms. The van der Waals surface area contributed by atoms with Crippen molar-refractivity contribution in [3.63, 3.8) is 0 Å². The van der Waals surface area contributed by atoms with E-state index in [4.69, 9.17) is 10.5 Å². The van der Waals surface area contributed by atoms with Gasteiger partial charge in [0.25, 0.3) is 0 Å². The smallest absolute Gasteiger partial charge is 0.419 e. The van der Waals surface area contributed by atoms with Crippen LogP contribution >= 0.6 is 0 Å². The summed E-state index contributed by atoms with van der Waals surface area (Å²) in [4.78, 5) is 0. The molecule has 32 heavy (non-hydrogen) atoms. The van der Waals surface area contributed by atoms with Gasteiger partial charge in [-0.25, -0.2) is 0 Å². The second-order valence-corrected chi connectivity index (χ2v) is 7.61. The quantitative estimate of drug-likeness (QED) is 0.360. The lowest BCUT2D eigenvalue weighted by Crippen LogP contribution is -2.47. The van der Waals surface area contributed by atoms with E-state index in [1.165, 1.54) is 24.3 Å². The lowest BCUT2D eigenvalue weighted by Gasteiger charge is -2.24. The average Bonchev–Trinajstić information content (AvgIpc) is 2.74. The van der Waals surface area contributed by atoms with E-state index in [0.717, 1.165) is 18.2 Å². The number of halogens is 6. The Morgan fingerprint density at radius 1 is 0.812 bits per heavy atom. The van der Waals surface area contributed by atoms with Gasteiger partial charge in [-0.3, -0.25) is 0 Å². The maximum atomic E-state index is 13.5. The second-order valence-electron chi connectivity index (χ2n) is 7.61. The van der Waals surface area contributed by atoms with Gasteiger partial charge in [-0.1, -0.05) is 24.3 Å². The van der Waals surface area contributed by atoms with E-state index in [0.29, 0.717) is 5.56 Å². The van der Waals surface area contributed by atoms with Gasteiger partial charge < -0.3 is 20.7 Å². The third-order valence-corrected chi connectivity index (χ3v) is 5.06. The minimum atomic E-state index is -4.71. The third-order valence-electron chi connectivity index (χ3n) is 5.06. The Kier molecular flexibility index (Phi) is 8.55. The summed E-state index contributed by atoms with van der Waals surface area (Å²) < 4.78 is 84.8. The third kappa shape index (κ3) is 7.11. The van der Waals surface area contributed by atoms with Gasteiger partial charge in [-0.2, -0.15) is 26.3 Å². The number of nitrogens with two attached hydrogens (primary N) is 1. The van der Waals surface area contributed by atoms with Gasteiger partial charge in [0.1, 0.15) is 5.75 Å². The Balaban J connectivity index is 2.06. The molecule has 4 N–H and O–H groups in total. The van der Waals surface area contributed by atoms with Crippen LogP contribution in [0.5, 0.6) is 5.75 Å². The summed E-state index contributed by atoms with van der Waals surface area (Å²) in [6.45, 7) is -1.24. The number of benzene rings is 2. The summed E-state index contributed by atoms with van der Waals surface area (Å²) in [7, 11) is 0. The van der Waals surface area contributed by atoms with Crippen molar-refractivity contribution in [3.05, 3.63) is 64.7 Å². The molecule has 0 heterocycles. The molecule has 0 fully saturated rings. The molecule has 0 bridgehead atoms. The molecule has 0 saturated heterocycles. The minimum Gasteiger partial charge on any atom is -0.493 e. The average molecular weight is 465 g/mol. The van der Waals surface area contributed by atoms with E-state index < -0.39 is 48.0 Å². The Hall–Kier alpha value is -2.30. The molecule has 2 aromatic rings. The zero-order chi connectivity index (χ0) is 24.0. The maximum Gasteiger partial charge on any atom is 0.419 e. The highest BCUT2D eigenvalue weighted by Crippen LogP contribution is 2.37. The van der Waals surface area contributed by atoms with Crippen LogP contribution in [-0.2, 0) is 25.2 Å². The molecule has 178 valence electrons. The lowest BCUT2D eigenvalue weighted by molar-refractivity contribution is -0.139. The van der Waals surface area contributed by atoms with Crippen molar-refractivity contribution in [2.24, 2.45) is 5.73 Å². The molecule has 0 aromatic heterocycles. The molecule has 0 saturated carbocycles. The first-order valence-electron chi connectivity index (χ1n) is 9.88. The largest absolute Gasteiger partial charge is 0.493 e. The fourth-order valence-corrected chi connectivity index (χ4v) is 3.14. The van der Waals surface area contributed by atoms with Crippen molar-refractivity contribution in [2.45, 2.75) is 43.6 Å². The number of alkyl halides is 6. The summed E-state index contributed by atoms with van der Waals surface area (Å²) in [5.41, 5.74) is 2.99. The number of rotatable bonds is 10. The molecule has 0 unspecified atom stereocenters.